The van der Waals surface area contributed by atoms with E-state index in [-0.39, 0.29) is 40.4 Å². The molecule has 2 spiro atoms. The predicted molar refractivity (Wildman–Crippen MR) is 168 cm³/mol. The molecule has 8 atom stereocenters. The highest BCUT2D eigenvalue weighted by atomic mass is 16.5. The zero-order valence-electron chi connectivity index (χ0n) is 27.1. The van der Waals surface area contributed by atoms with Gasteiger partial charge in [-0.05, 0) is 87.2 Å². The number of ketones is 2. The van der Waals surface area contributed by atoms with Crippen molar-refractivity contribution >= 4 is 17.5 Å². The molecule has 2 unspecified atom stereocenters. The van der Waals surface area contributed by atoms with E-state index in [1.807, 2.05) is 17.0 Å². The topological polar surface area (TPSA) is 94.6 Å². The van der Waals surface area contributed by atoms with Gasteiger partial charge in [-0.1, -0.05) is 12.1 Å². The van der Waals surface area contributed by atoms with Gasteiger partial charge in [0.15, 0.2) is 46.8 Å². The lowest BCUT2D eigenvalue weighted by atomic mass is 9.51. The van der Waals surface area contributed by atoms with Gasteiger partial charge in [0.2, 0.25) is 5.91 Å². The standard InChI is InChI=1S/C19H21NO4.C18H21NO3/c1-10(21)20-8-7-19-12-4-5-14(22)18(19)24-17-15(23-2)6-3-11(16(17)19)9-13(12)20;1-19-8-7-18-11-4-5-13(20)17(18)22-16-14(21-2)6-3-10(15(16)18)9-12(11)19/h3,6,12-13,18H,4-5,7-9H2,1-2H3;3,6,11-12,17H,4-5,7-9H2,1-2H3/t12?,13-,18+,19+;11?,12-,17+,18+/m11/s1. The van der Waals surface area contributed by atoms with Gasteiger partial charge in [0.1, 0.15) is 0 Å². The summed E-state index contributed by atoms with van der Waals surface area (Å²) in [7, 11) is 5.56. The molecule has 9 nitrogen and oxygen atoms in total. The average molecular weight is 627 g/mol. The Balaban J connectivity index is 0.000000127. The van der Waals surface area contributed by atoms with Crippen molar-refractivity contribution in [3.05, 3.63) is 46.5 Å². The van der Waals surface area contributed by atoms with E-state index in [0.29, 0.717) is 37.3 Å². The van der Waals surface area contributed by atoms with Crippen molar-refractivity contribution in [2.45, 2.75) is 93.4 Å². The molecule has 242 valence electrons. The molecule has 10 rings (SSSR count). The largest absolute Gasteiger partial charge is 0.493 e. The zero-order chi connectivity index (χ0) is 31.7. The zero-order valence-corrected chi connectivity index (χ0v) is 27.1. The number of Topliss-reactive ketones (excluding diaryl/α,β-unsaturated/α-hetero) is 2. The van der Waals surface area contributed by atoms with Crippen molar-refractivity contribution in [3.8, 4) is 23.0 Å². The van der Waals surface area contributed by atoms with Crippen molar-refractivity contribution in [2.75, 3.05) is 34.4 Å². The molecule has 46 heavy (non-hydrogen) atoms. The Morgan fingerprint density at radius 1 is 0.783 bits per heavy atom. The Hall–Kier alpha value is -3.59. The van der Waals surface area contributed by atoms with Crippen LogP contribution >= 0.6 is 0 Å². The third-order valence-electron chi connectivity index (χ3n) is 13.3. The second-order valence-corrected chi connectivity index (χ2v) is 14.8. The number of benzene rings is 2. The van der Waals surface area contributed by atoms with Gasteiger partial charge >= 0.3 is 0 Å². The number of hydrogen-bond donors (Lipinski definition) is 0. The summed E-state index contributed by atoms with van der Waals surface area (Å²) >= 11 is 0. The SMILES string of the molecule is COc1ccc2c3c1O[C@H]1C(=O)CCC4[C@@H](C2)N(C(C)=O)CC[C@@]341.COc1ccc2c3c1O[C@H]1C(=O)CCC4[C@@H](C2)N(C)CC[C@@]341. The molecule has 9 heteroatoms. The summed E-state index contributed by atoms with van der Waals surface area (Å²) < 4.78 is 23.5. The Bertz CT molecular complexity index is 1700. The second kappa shape index (κ2) is 9.72. The van der Waals surface area contributed by atoms with E-state index in [1.54, 1.807) is 21.1 Å². The number of likely N-dealkylation sites (N-methyl/N-ethyl adjacent to an activating group) is 1. The number of piperidine rings is 2. The van der Waals surface area contributed by atoms with Gasteiger partial charge in [-0.15, -0.1) is 0 Å². The number of methoxy groups -OCH3 is 2. The number of hydrogen-bond acceptors (Lipinski definition) is 8. The van der Waals surface area contributed by atoms with Crippen molar-refractivity contribution in [1.29, 1.82) is 0 Å². The fourth-order valence-corrected chi connectivity index (χ4v) is 11.5. The van der Waals surface area contributed by atoms with E-state index in [4.69, 9.17) is 18.9 Å². The third kappa shape index (κ3) is 3.37. The summed E-state index contributed by atoms with van der Waals surface area (Å²) in [6.45, 7) is 3.41. The number of likely N-dealkylation sites (tertiary alicyclic amines) is 2. The van der Waals surface area contributed by atoms with Crippen LogP contribution in [0.25, 0.3) is 0 Å². The van der Waals surface area contributed by atoms with E-state index >= 15 is 0 Å². The Kier molecular flexibility index (Phi) is 6.05. The molecular formula is C37H42N2O7. The van der Waals surface area contributed by atoms with Crippen LogP contribution in [0.3, 0.4) is 0 Å². The van der Waals surface area contributed by atoms with Crippen LogP contribution in [0, 0.1) is 11.8 Å². The van der Waals surface area contributed by atoms with Gasteiger partial charge in [-0.2, -0.15) is 0 Å². The van der Waals surface area contributed by atoms with Crippen LogP contribution in [0.5, 0.6) is 23.0 Å². The molecule has 4 heterocycles. The van der Waals surface area contributed by atoms with Crippen molar-refractivity contribution in [1.82, 2.24) is 9.80 Å². The molecule has 0 aromatic heterocycles. The van der Waals surface area contributed by atoms with E-state index in [2.05, 4.69) is 24.1 Å². The average Bonchev–Trinajstić information content (AvgIpc) is 3.59. The van der Waals surface area contributed by atoms with Crippen molar-refractivity contribution in [3.63, 3.8) is 0 Å². The highest BCUT2D eigenvalue weighted by Gasteiger charge is 2.67. The predicted octanol–water partition coefficient (Wildman–Crippen LogP) is 3.78. The first-order valence-corrected chi connectivity index (χ1v) is 17.0. The first-order chi connectivity index (χ1) is 22.2. The first kappa shape index (κ1) is 28.6. The highest BCUT2D eigenvalue weighted by molar-refractivity contribution is 5.90. The number of rotatable bonds is 2. The molecule has 2 aromatic rings. The van der Waals surface area contributed by atoms with E-state index in [0.717, 1.165) is 68.1 Å². The minimum atomic E-state index is -0.404. The molecule has 1 amide bonds. The van der Waals surface area contributed by atoms with Crippen LogP contribution in [-0.4, -0.2) is 85.9 Å². The van der Waals surface area contributed by atoms with Crippen LogP contribution < -0.4 is 18.9 Å². The number of ether oxygens (including phenoxy) is 4. The van der Waals surface area contributed by atoms with Crippen molar-refractivity contribution in [2.24, 2.45) is 11.8 Å². The molecule has 4 bridgehead atoms. The summed E-state index contributed by atoms with van der Waals surface area (Å²) in [5.41, 5.74) is 4.73. The minimum Gasteiger partial charge on any atom is -0.493 e. The molecule has 8 aliphatic rings. The van der Waals surface area contributed by atoms with Gasteiger partial charge in [-0.3, -0.25) is 14.4 Å². The first-order valence-electron chi connectivity index (χ1n) is 17.0. The van der Waals surface area contributed by atoms with E-state index < -0.39 is 6.10 Å². The molecule has 4 aliphatic heterocycles. The lowest BCUT2D eigenvalue weighted by molar-refractivity contribution is -0.146. The van der Waals surface area contributed by atoms with Crippen LogP contribution in [0.4, 0.5) is 0 Å². The number of carbonyl (C=O) groups excluding carboxylic acids is 3. The number of carbonyl (C=O) groups is 3. The molecular weight excluding hydrogens is 584 g/mol. The summed E-state index contributed by atoms with van der Waals surface area (Å²) in [6.07, 6.45) is 6.12. The van der Waals surface area contributed by atoms with Crippen LogP contribution in [0.2, 0.25) is 0 Å². The maximum absolute atomic E-state index is 12.7. The van der Waals surface area contributed by atoms with Crippen LogP contribution in [0.1, 0.15) is 67.7 Å². The fourth-order valence-electron chi connectivity index (χ4n) is 11.5. The van der Waals surface area contributed by atoms with Crippen molar-refractivity contribution < 1.29 is 33.3 Å². The molecule has 0 radical (unpaired) electrons. The van der Waals surface area contributed by atoms with Gasteiger partial charge in [0.25, 0.3) is 0 Å². The molecule has 4 fully saturated rings. The highest BCUT2D eigenvalue weighted by Crippen LogP contribution is 2.64. The number of amides is 1. The molecule has 2 aromatic carbocycles. The molecule has 0 N–H and O–H groups in total. The fraction of sp³-hybridized carbons (Fsp3) is 0.595. The van der Waals surface area contributed by atoms with Gasteiger partial charge in [0.05, 0.1) is 19.6 Å². The smallest absolute Gasteiger partial charge is 0.219 e. The van der Waals surface area contributed by atoms with Gasteiger partial charge < -0.3 is 28.7 Å². The molecule has 2 saturated heterocycles. The lowest BCUT2D eigenvalue weighted by Gasteiger charge is -2.57. The summed E-state index contributed by atoms with van der Waals surface area (Å²) in [5, 5.41) is 0. The maximum atomic E-state index is 12.7. The second-order valence-electron chi connectivity index (χ2n) is 14.8. The van der Waals surface area contributed by atoms with E-state index in [1.165, 1.54) is 22.3 Å². The van der Waals surface area contributed by atoms with E-state index in [9.17, 15) is 14.4 Å². The maximum Gasteiger partial charge on any atom is 0.219 e. The van der Waals surface area contributed by atoms with Crippen LogP contribution in [0.15, 0.2) is 24.3 Å². The quantitative estimate of drug-likeness (QED) is 0.498. The normalized spacial score (nSPS) is 36.8. The summed E-state index contributed by atoms with van der Waals surface area (Å²) in [4.78, 5) is 42.0. The third-order valence-corrected chi connectivity index (χ3v) is 13.3. The summed E-state index contributed by atoms with van der Waals surface area (Å²) in [6, 6.07) is 8.94. The molecule has 2 saturated carbocycles. The monoisotopic (exact) mass is 626 g/mol. The number of nitrogens with zero attached hydrogens (tertiary/aromatic N) is 2. The molecule has 4 aliphatic carbocycles. The Morgan fingerprint density at radius 3 is 1.80 bits per heavy atom. The lowest BCUT2D eigenvalue weighted by Crippen LogP contribution is -2.66. The minimum absolute atomic E-state index is 0.0933. The van der Waals surface area contributed by atoms with Crippen LogP contribution in [-0.2, 0) is 38.1 Å². The van der Waals surface area contributed by atoms with Gasteiger partial charge in [-0.25, -0.2) is 0 Å². The Labute approximate surface area is 269 Å². The summed E-state index contributed by atoms with van der Waals surface area (Å²) in [5.74, 6) is 4.59. The van der Waals surface area contributed by atoms with Gasteiger partial charge in [0, 0.05) is 54.9 Å². The Morgan fingerprint density at radius 2 is 1.28 bits per heavy atom.